The molecule has 0 saturated heterocycles. The largest absolute Gasteiger partial charge is 0.412 e. The van der Waals surface area contributed by atoms with E-state index >= 15 is 0 Å². The van der Waals surface area contributed by atoms with Gasteiger partial charge in [-0.3, -0.25) is 0 Å². The molecule has 0 aliphatic heterocycles. The van der Waals surface area contributed by atoms with Crippen molar-refractivity contribution in [2.45, 2.75) is 71.5 Å². The SMILES string of the molecule is CCCC[O][Ge]([CH2]COCC)([O]CCCC)[O]CCCC.O.O.O.O.[Ge]. The van der Waals surface area contributed by atoms with E-state index in [-0.39, 0.29) is 39.5 Å². The number of hydrogen-bond donors (Lipinski definition) is 0. The first-order valence-electron chi connectivity index (χ1n) is 8.74. The summed E-state index contributed by atoms with van der Waals surface area (Å²) < 4.78 is 24.0. The van der Waals surface area contributed by atoms with E-state index < -0.39 is 14.3 Å². The van der Waals surface area contributed by atoms with Crippen LogP contribution < -0.4 is 0 Å². The van der Waals surface area contributed by atoms with Crippen molar-refractivity contribution in [1.29, 1.82) is 0 Å². The van der Waals surface area contributed by atoms with Crippen molar-refractivity contribution in [1.82, 2.24) is 0 Å². The Morgan fingerprint density at radius 2 is 0.923 bits per heavy atom. The summed E-state index contributed by atoms with van der Waals surface area (Å²) in [5.41, 5.74) is 0. The number of unbranched alkanes of at least 4 members (excludes halogenated alkanes) is 3. The number of rotatable bonds is 16. The maximum absolute atomic E-state index is 6.17. The monoisotopic (exact) mass is 512 g/mol. The Hall–Kier alpha value is 0.766. The molecule has 0 aliphatic rings. The van der Waals surface area contributed by atoms with Crippen LogP contribution in [-0.4, -0.2) is 86.8 Å². The first kappa shape index (κ1) is 41.2. The van der Waals surface area contributed by atoms with Crippen LogP contribution in [0.2, 0.25) is 5.25 Å². The van der Waals surface area contributed by atoms with E-state index in [2.05, 4.69) is 20.8 Å². The Kier molecular flexibility index (Phi) is 48.3. The minimum absolute atomic E-state index is 0. The standard InChI is InChI=1S/C16H36GeO4.Ge.4H2O/c1-5-9-13-19-17(12-16-18-8-4,20-14-10-6-2)21-15-11-7-3;;;;;/h5-16H2,1-4H3;;4*1H2. The van der Waals surface area contributed by atoms with Gasteiger partial charge < -0.3 is 21.9 Å². The smallest absolute Gasteiger partial charge is 0 e. The van der Waals surface area contributed by atoms with Gasteiger partial charge in [0.1, 0.15) is 0 Å². The maximum atomic E-state index is 6.17. The molecule has 0 bridgehead atoms. The second-order valence-electron chi connectivity index (χ2n) is 5.24. The van der Waals surface area contributed by atoms with Crippen LogP contribution in [0.25, 0.3) is 0 Å². The van der Waals surface area contributed by atoms with E-state index in [4.69, 9.17) is 16.0 Å². The Morgan fingerprint density at radius 1 is 0.577 bits per heavy atom. The average molecular weight is 510 g/mol. The molecule has 8 nitrogen and oxygen atoms in total. The Labute approximate surface area is 174 Å². The number of hydrogen-bond acceptors (Lipinski definition) is 4. The molecule has 26 heavy (non-hydrogen) atoms. The van der Waals surface area contributed by atoms with Crippen LogP contribution in [0.1, 0.15) is 66.2 Å². The fourth-order valence-corrected chi connectivity index (χ4v) is 6.93. The summed E-state index contributed by atoms with van der Waals surface area (Å²) in [5.74, 6) is 0. The van der Waals surface area contributed by atoms with Gasteiger partial charge in [-0.25, -0.2) is 0 Å². The summed E-state index contributed by atoms with van der Waals surface area (Å²) in [6.45, 7) is 12.2. The van der Waals surface area contributed by atoms with Crippen LogP contribution in [0.4, 0.5) is 0 Å². The van der Waals surface area contributed by atoms with E-state index in [1.807, 2.05) is 6.92 Å². The van der Waals surface area contributed by atoms with Gasteiger partial charge >= 0.3 is 135 Å². The molecule has 8 N–H and O–H groups in total. The molecule has 0 atom stereocenters. The summed E-state index contributed by atoms with van der Waals surface area (Å²) in [6.07, 6.45) is 6.59. The molecule has 0 spiro atoms. The van der Waals surface area contributed by atoms with Gasteiger partial charge in [0.2, 0.25) is 0 Å². The van der Waals surface area contributed by atoms with Gasteiger partial charge in [0.05, 0.1) is 0 Å². The van der Waals surface area contributed by atoms with Gasteiger partial charge in [0, 0.05) is 17.6 Å². The minimum Gasteiger partial charge on any atom is -0.412 e. The van der Waals surface area contributed by atoms with E-state index in [1.165, 1.54) is 0 Å². The summed E-state index contributed by atoms with van der Waals surface area (Å²) in [7, 11) is 0. The summed E-state index contributed by atoms with van der Waals surface area (Å²) in [4.78, 5) is 0. The quantitative estimate of drug-likeness (QED) is 0.221. The summed E-state index contributed by atoms with van der Waals surface area (Å²) in [5, 5.41) is 0.810. The predicted molar refractivity (Wildman–Crippen MR) is 110 cm³/mol. The van der Waals surface area contributed by atoms with Crippen molar-refractivity contribution in [2.24, 2.45) is 0 Å². The zero-order valence-electron chi connectivity index (χ0n) is 17.1. The van der Waals surface area contributed by atoms with Crippen molar-refractivity contribution in [3.63, 3.8) is 0 Å². The second-order valence-corrected chi connectivity index (χ2v) is 11.0. The first-order valence-corrected chi connectivity index (χ1v) is 12.8. The van der Waals surface area contributed by atoms with E-state index in [0.29, 0.717) is 6.61 Å². The van der Waals surface area contributed by atoms with Crippen molar-refractivity contribution in [2.75, 3.05) is 33.0 Å². The molecule has 0 rings (SSSR count). The third kappa shape index (κ3) is 22.8. The van der Waals surface area contributed by atoms with Crippen LogP contribution in [0.5, 0.6) is 0 Å². The molecule has 164 valence electrons. The molecule has 10 heteroatoms. The molecule has 0 aromatic heterocycles. The number of ether oxygens (including phenoxy) is 1. The topological polar surface area (TPSA) is 163 Å². The van der Waals surface area contributed by atoms with Gasteiger partial charge in [-0.15, -0.1) is 0 Å². The van der Waals surface area contributed by atoms with Crippen LogP contribution >= 0.6 is 0 Å². The maximum Gasteiger partial charge on any atom is 0 e. The molecule has 0 saturated carbocycles. The normalized spacial score (nSPS) is 9.69. The van der Waals surface area contributed by atoms with Gasteiger partial charge in [-0.1, -0.05) is 0 Å². The molecular formula is C16H44Ge2O8. The second kappa shape index (κ2) is 30.5. The molecule has 0 heterocycles. The molecule has 0 unspecified atom stereocenters. The molecule has 0 fully saturated rings. The van der Waals surface area contributed by atoms with Crippen molar-refractivity contribution in [3.05, 3.63) is 0 Å². The molecule has 0 aromatic carbocycles. The van der Waals surface area contributed by atoms with Crippen LogP contribution in [0.3, 0.4) is 0 Å². The summed E-state index contributed by atoms with van der Waals surface area (Å²) in [6, 6.07) is 0. The van der Waals surface area contributed by atoms with Crippen LogP contribution in [0.15, 0.2) is 0 Å². The summed E-state index contributed by atoms with van der Waals surface area (Å²) >= 11 is -3.15. The van der Waals surface area contributed by atoms with E-state index in [1.54, 1.807) is 0 Å². The Bertz CT molecular complexity index is 181. The van der Waals surface area contributed by atoms with Gasteiger partial charge in [0.15, 0.2) is 0 Å². The van der Waals surface area contributed by atoms with Crippen LogP contribution in [0, 0.1) is 0 Å². The fraction of sp³-hybridized carbons (Fsp3) is 1.00. The van der Waals surface area contributed by atoms with E-state index in [0.717, 1.165) is 70.2 Å². The molecule has 0 aromatic rings. The van der Waals surface area contributed by atoms with Crippen molar-refractivity contribution >= 4 is 31.9 Å². The van der Waals surface area contributed by atoms with Gasteiger partial charge in [-0.05, 0) is 0 Å². The van der Waals surface area contributed by atoms with Gasteiger partial charge in [0.25, 0.3) is 0 Å². The zero-order valence-corrected chi connectivity index (χ0v) is 21.3. The van der Waals surface area contributed by atoms with Crippen LogP contribution in [-0.2, 0) is 16.0 Å². The van der Waals surface area contributed by atoms with Crippen molar-refractivity contribution < 1.29 is 37.9 Å². The average Bonchev–Trinajstić information content (AvgIpc) is 2.48. The van der Waals surface area contributed by atoms with Crippen molar-refractivity contribution in [3.8, 4) is 0 Å². The van der Waals surface area contributed by atoms with Gasteiger partial charge in [-0.2, -0.15) is 0 Å². The predicted octanol–water partition coefficient (Wildman–Crippen LogP) is 0.732. The first-order chi connectivity index (χ1) is 10.2. The Balaban J connectivity index is -0.000000200. The van der Waals surface area contributed by atoms with E-state index in [9.17, 15) is 0 Å². The minimum atomic E-state index is -3.15. The molecule has 4 radical (unpaired) electrons. The third-order valence-electron chi connectivity index (χ3n) is 3.22. The zero-order chi connectivity index (χ0) is 15.8. The Morgan fingerprint density at radius 3 is 1.19 bits per heavy atom. The third-order valence-corrected chi connectivity index (χ3v) is 8.98. The fourth-order valence-electron chi connectivity index (χ4n) is 1.80. The molecular weight excluding hydrogens is 465 g/mol. The molecule has 0 aliphatic carbocycles. The molecule has 0 amide bonds.